The molecule has 0 bridgehead atoms. The third kappa shape index (κ3) is 7.68. The van der Waals surface area contributed by atoms with Crippen molar-refractivity contribution in [2.45, 2.75) is 25.7 Å². The van der Waals surface area contributed by atoms with Gasteiger partial charge in [0.1, 0.15) is 0 Å². The molecule has 0 nitrogen and oxygen atoms in total. The fraction of sp³-hybridized carbons (Fsp3) is 0.143. The summed E-state index contributed by atoms with van der Waals surface area (Å²) in [5.41, 5.74) is 11.1. The van der Waals surface area contributed by atoms with Gasteiger partial charge in [-0.3, -0.25) is 0 Å². The molecule has 0 spiro atoms. The van der Waals surface area contributed by atoms with Crippen molar-refractivity contribution in [3.05, 3.63) is 130 Å². The molecule has 0 aliphatic heterocycles. The van der Waals surface area contributed by atoms with E-state index in [1.807, 2.05) is 24.3 Å². The van der Waals surface area contributed by atoms with E-state index >= 15 is 0 Å². The van der Waals surface area contributed by atoms with Crippen LogP contribution in [0.5, 0.6) is 0 Å². The molecule has 0 amide bonds. The summed E-state index contributed by atoms with van der Waals surface area (Å²) in [4.78, 5) is 0. The van der Waals surface area contributed by atoms with Crippen molar-refractivity contribution in [1.82, 2.24) is 0 Å². The molecule has 4 heteroatoms. The van der Waals surface area contributed by atoms with Crippen LogP contribution in [-0.4, -0.2) is 58.2 Å². The van der Waals surface area contributed by atoms with Gasteiger partial charge in [0.15, 0.2) is 0 Å². The number of fused-ring (bicyclic) bond motifs is 3. The Balaban J connectivity index is 0.00000128. The van der Waals surface area contributed by atoms with E-state index in [2.05, 4.69) is 79.7 Å². The van der Waals surface area contributed by atoms with Gasteiger partial charge in [-0.25, -0.2) is 0 Å². The van der Waals surface area contributed by atoms with Crippen molar-refractivity contribution in [2.75, 3.05) is 0 Å². The van der Waals surface area contributed by atoms with Crippen LogP contribution in [0.25, 0.3) is 11.1 Å². The average Bonchev–Trinajstić information content (AvgIpc) is 3.01. The maximum atomic E-state index is 3.10. The molecule has 0 saturated heterocycles. The molecule has 0 saturated carbocycles. The van der Waals surface area contributed by atoms with Crippen LogP contribution in [0.4, 0.5) is 0 Å². The van der Waals surface area contributed by atoms with E-state index in [1.165, 1.54) is 44.5 Å². The Morgan fingerprint density at radius 3 is 1.34 bits per heavy atom. The fourth-order valence-corrected chi connectivity index (χ4v) is 4.37. The van der Waals surface area contributed by atoms with Crippen molar-refractivity contribution < 1.29 is 110 Å². The van der Waals surface area contributed by atoms with Crippen LogP contribution in [0.1, 0.15) is 46.2 Å². The van der Waals surface area contributed by atoms with Crippen molar-refractivity contribution in [3.8, 4) is 11.1 Å². The molecule has 0 aromatic heterocycles. The largest absolute Gasteiger partial charge is 0.184 e. The van der Waals surface area contributed by atoms with Crippen LogP contribution in [0.3, 0.4) is 0 Å². The topological polar surface area (TPSA) is 0 Å². The first kappa shape index (κ1) is 32.4. The zero-order valence-electron chi connectivity index (χ0n) is 18.9. The van der Waals surface area contributed by atoms with Crippen molar-refractivity contribution >= 4 is 58.2 Å². The molecule has 1 aliphatic carbocycles. The minimum Gasteiger partial charge on any atom is -0.184 e. The maximum absolute atomic E-state index is 3.10. The summed E-state index contributed by atoms with van der Waals surface area (Å²) in [5.74, 6) is 0.443. The minimum atomic E-state index is 0. The summed E-state index contributed by atoms with van der Waals surface area (Å²) in [6, 6.07) is 36.8. The molecule has 145 valence electrons. The third-order valence-electron chi connectivity index (χ3n) is 5.85. The van der Waals surface area contributed by atoms with Crippen molar-refractivity contribution in [3.63, 3.8) is 0 Å². The minimum absolute atomic E-state index is 0. The summed E-state index contributed by atoms with van der Waals surface area (Å²) in [7, 11) is 0. The average molecular weight is 848 g/mol. The van der Waals surface area contributed by atoms with E-state index in [4.69, 9.17) is 0 Å². The van der Waals surface area contributed by atoms with Crippen LogP contribution in [0.2, 0.25) is 0 Å². The molecular weight excluding hydrogens is 826 g/mol. The molecule has 0 unspecified atom stereocenters. The van der Waals surface area contributed by atoms with Crippen LogP contribution in [-0.2, 0) is 78.3 Å². The first-order valence-corrected chi connectivity index (χ1v) is 9.94. The summed E-state index contributed by atoms with van der Waals surface area (Å²) >= 11 is 0. The van der Waals surface area contributed by atoms with Gasteiger partial charge in [-0.15, -0.1) is 0 Å². The first-order chi connectivity index (χ1) is 13.8. The van der Waals surface area contributed by atoms with Crippen LogP contribution < -0.4 is 0 Å². The Morgan fingerprint density at radius 2 is 0.969 bits per heavy atom. The van der Waals surface area contributed by atoms with E-state index in [0.29, 0.717) is 5.92 Å². The molecule has 5 radical (unpaired) electrons. The molecule has 0 fully saturated rings. The van der Waals surface area contributed by atoms with Gasteiger partial charge in [-0.1, -0.05) is 43.3 Å². The molecule has 4 aromatic carbocycles. The monoisotopic (exact) mass is 847 g/mol. The molecule has 0 atom stereocenters. The smallest absolute Gasteiger partial charge is 0.00735 e. The molecule has 32 heavy (non-hydrogen) atoms. The second-order valence-corrected chi connectivity index (χ2v) is 7.73. The number of rotatable bonds is 4. The molecular formula is C28H22RaRbY2-2. The van der Waals surface area contributed by atoms with Gasteiger partial charge in [0.25, 0.3) is 0 Å². The normalized spacial score (nSPS) is 11.0. The van der Waals surface area contributed by atoms with Crippen molar-refractivity contribution in [1.29, 1.82) is 0 Å². The van der Waals surface area contributed by atoms with E-state index in [0.717, 1.165) is 12.8 Å². The van der Waals surface area contributed by atoms with Gasteiger partial charge in [0.05, 0.1) is 0 Å². The quantitative estimate of drug-likeness (QED) is 0.215. The molecule has 0 N–H and O–H groups in total. The number of hydrogen-bond donors (Lipinski definition) is 0. The van der Waals surface area contributed by atoms with Gasteiger partial charge in [-0.2, -0.15) is 71.8 Å². The Morgan fingerprint density at radius 1 is 0.594 bits per heavy atom. The zero-order chi connectivity index (χ0) is 18.9. The van der Waals surface area contributed by atoms with Gasteiger partial charge >= 0.3 is 0 Å². The molecule has 0 heterocycles. The van der Waals surface area contributed by atoms with E-state index in [1.54, 1.807) is 0 Å². The van der Waals surface area contributed by atoms with Crippen LogP contribution >= 0.6 is 0 Å². The summed E-state index contributed by atoms with van der Waals surface area (Å²) in [6.45, 7) is 2.34. The predicted octanol–water partition coefficient (Wildman–Crippen LogP) is 6.21. The van der Waals surface area contributed by atoms with Gasteiger partial charge in [0.2, 0.25) is 0 Å². The fourth-order valence-electron chi connectivity index (χ4n) is 4.37. The Bertz CT molecular complexity index is 1040. The predicted molar refractivity (Wildman–Crippen MR) is 121 cm³/mol. The molecule has 4 aromatic rings. The van der Waals surface area contributed by atoms with Crippen LogP contribution in [0, 0.1) is 57.1 Å². The van der Waals surface area contributed by atoms with Gasteiger partial charge in [-0.05, 0) is 46.2 Å². The summed E-state index contributed by atoms with van der Waals surface area (Å²) < 4.78 is 0. The maximum Gasteiger partial charge on any atom is 0.00735 e. The summed E-state index contributed by atoms with van der Waals surface area (Å²) in [5, 5.41) is 0. The van der Waals surface area contributed by atoms with Gasteiger partial charge < -0.3 is 0 Å². The van der Waals surface area contributed by atoms with Crippen molar-refractivity contribution in [2.24, 2.45) is 0 Å². The molecule has 1 aliphatic rings. The van der Waals surface area contributed by atoms with E-state index in [9.17, 15) is 0 Å². The molecule has 5 rings (SSSR count). The van der Waals surface area contributed by atoms with E-state index in [-0.39, 0.29) is 169 Å². The zero-order valence-corrected chi connectivity index (χ0v) is 35.3. The van der Waals surface area contributed by atoms with Gasteiger partial charge in [0, 0.05) is 175 Å². The standard InChI is InChI=1S/C28H22.Ra.Rb.2Y/c1-20-27-18-23(16-21-8-4-2-5-9-21)12-14-25(27)26-15-13-24(19-28(20)26)17-22-10-6-3-7-11-22;;;;/h4-15,18-20H,16-17H2,1H3;;;;/q-2;;;;. The Kier molecular flexibility index (Phi) is 15.8. The van der Waals surface area contributed by atoms with Crippen LogP contribution in [0.15, 0.2) is 84.9 Å². The first-order valence-electron chi connectivity index (χ1n) is 9.94. The number of hydrogen-bond acceptors (Lipinski definition) is 0. The Hall–Kier alpha value is 2.36. The second-order valence-electron chi connectivity index (χ2n) is 7.73. The SMILES string of the molecule is CC1c2cc(Cc3cc[c-]cc3)ccc2-c2ccc(Cc3cc[c-]cc3)cc21.[Ra].[Rb].[Y].[Y]. The number of benzene rings is 4. The van der Waals surface area contributed by atoms with E-state index < -0.39 is 0 Å². The second kappa shape index (κ2) is 15.6. The summed E-state index contributed by atoms with van der Waals surface area (Å²) in [6.07, 6.45) is 1.95. The Labute approximate surface area is 328 Å². The third-order valence-corrected chi connectivity index (χ3v) is 5.85.